The second-order valence-electron chi connectivity index (χ2n) is 5.67. The summed E-state index contributed by atoms with van der Waals surface area (Å²) in [5, 5.41) is 4.60. The van der Waals surface area contributed by atoms with Crippen molar-refractivity contribution in [2.24, 2.45) is 0 Å². The van der Waals surface area contributed by atoms with Crippen LogP contribution in [0.15, 0.2) is 53.1 Å². The molecule has 6 nitrogen and oxygen atoms in total. The molecule has 0 aliphatic rings. The van der Waals surface area contributed by atoms with E-state index >= 15 is 0 Å². The minimum atomic E-state index is -0.151. The molecule has 0 spiro atoms. The number of carbonyl (C=O) groups is 1. The van der Waals surface area contributed by atoms with Gasteiger partial charge in [0.2, 0.25) is 11.7 Å². The lowest BCUT2D eigenvalue weighted by molar-refractivity contribution is -0.134. The Morgan fingerprint density at radius 1 is 1.19 bits per heavy atom. The molecule has 140 valence electrons. The van der Waals surface area contributed by atoms with Crippen LogP contribution in [0.2, 0.25) is 5.02 Å². The van der Waals surface area contributed by atoms with Crippen molar-refractivity contribution in [3.05, 3.63) is 63.0 Å². The zero-order chi connectivity index (χ0) is 19.2. The van der Waals surface area contributed by atoms with E-state index in [0.717, 1.165) is 9.13 Å². The van der Waals surface area contributed by atoms with Crippen molar-refractivity contribution >= 4 is 40.1 Å². The van der Waals surface area contributed by atoms with Gasteiger partial charge in [-0.25, -0.2) is 0 Å². The Balaban J connectivity index is 1.60. The summed E-state index contributed by atoms with van der Waals surface area (Å²) in [5.74, 6) is 1.33. The van der Waals surface area contributed by atoms with E-state index in [2.05, 4.69) is 32.7 Å². The van der Waals surface area contributed by atoms with Gasteiger partial charge in [-0.15, -0.1) is 0 Å². The highest BCUT2D eigenvalue weighted by Crippen LogP contribution is 2.19. The van der Waals surface area contributed by atoms with Crippen LogP contribution in [0.4, 0.5) is 0 Å². The Labute approximate surface area is 175 Å². The maximum absolute atomic E-state index is 12.4. The van der Waals surface area contributed by atoms with Crippen molar-refractivity contribution < 1.29 is 14.1 Å². The third kappa shape index (κ3) is 5.43. The summed E-state index contributed by atoms with van der Waals surface area (Å²) in [7, 11) is 0. The zero-order valence-corrected chi connectivity index (χ0v) is 17.5. The fourth-order valence-electron chi connectivity index (χ4n) is 2.34. The van der Waals surface area contributed by atoms with E-state index in [1.807, 2.05) is 43.3 Å². The van der Waals surface area contributed by atoms with Crippen molar-refractivity contribution in [2.75, 3.05) is 13.2 Å². The predicted molar refractivity (Wildman–Crippen MR) is 110 cm³/mol. The van der Waals surface area contributed by atoms with Crippen molar-refractivity contribution in [1.82, 2.24) is 15.0 Å². The second kappa shape index (κ2) is 9.18. The van der Waals surface area contributed by atoms with E-state index in [0.29, 0.717) is 29.0 Å². The fourth-order valence-corrected chi connectivity index (χ4v) is 2.83. The Kier molecular flexibility index (Phi) is 6.68. The first-order valence-corrected chi connectivity index (χ1v) is 9.75. The van der Waals surface area contributed by atoms with Crippen LogP contribution < -0.4 is 4.74 Å². The number of amides is 1. The van der Waals surface area contributed by atoms with E-state index in [9.17, 15) is 4.79 Å². The maximum Gasteiger partial charge on any atom is 0.260 e. The first-order chi connectivity index (χ1) is 13.0. The van der Waals surface area contributed by atoms with Gasteiger partial charge in [-0.3, -0.25) is 4.79 Å². The lowest BCUT2D eigenvalue weighted by Gasteiger charge is -2.18. The third-order valence-electron chi connectivity index (χ3n) is 3.81. The average Bonchev–Trinajstić information content (AvgIpc) is 3.14. The molecule has 1 amide bonds. The number of hydrogen-bond acceptors (Lipinski definition) is 5. The van der Waals surface area contributed by atoms with Gasteiger partial charge in [0.05, 0.1) is 0 Å². The summed E-state index contributed by atoms with van der Waals surface area (Å²) in [4.78, 5) is 18.4. The highest BCUT2D eigenvalue weighted by Gasteiger charge is 2.17. The molecule has 1 heterocycles. The van der Waals surface area contributed by atoms with Crippen molar-refractivity contribution in [3.8, 4) is 17.1 Å². The summed E-state index contributed by atoms with van der Waals surface area (Å²) >= 11 is 8.10. The fraction of sp³-hybridized carbons (Fsp3) is 0.211. The zero-order valence-electron chi connectivity index (χ0n) is 14.6. The van der Waals surface area contributed by atoms with Crippen LogP contribution in [0.1, 0.15) is 12.8 Å². The Morgan fingerprint density at radius 3 is 2.56 bits per heavy atom. The van der Waals surface area contributed by atoms with Gasteiger partial charge >= 0.3 is 0 Å². The highest BCUT2D eigenvalue weighted by molar-refractivity contribution is 14.1. The molecule has 1 aromatic heterocycles. The van der Waals surface area contributed by atoms with Gasteiger partial charge in [-0.1, -0.05) is 16.8 Å². The van der Waals surface area contributed by atoms with Crippen LogP contribution in [0.5, 0.6) is 5.75 Å². The summed E-state index contributed by atoms with van der Waals surface area (Å²) in [6, 6.07) is 14.7. The molecule has 8 heteroatoms. The number of benzene rings is 2. The Morgan fingerprint density at radius 2 is 1.89 bits per heavy atom. The highest BCUT2D eigenvalue weighted by atomic mass is 127. The van der Waals surface area contributed by atoms with Crippen molar-refractivity contribution in [3.63, 3.8) is 0 Å². The molecular weight excluding hydrogens is 481 g/mol. The molecule has 0 radical (unpaired) electrons. The number of ether oxygens (including phenoxy) is 1. The molecular formula is C19H17ClIN3O3. The molecule has 0 aliphatic carbocycles. The van der Waals surface area contributed by atoms with Crippen LogP contribution in [-0.4, -0.2) is 34.1 Å². The lowest BCUT2D eigenvalue weighted by atomic mass is 10.2. The van der Waals surface area contributed by atoms with Crippen molar-refractivity contribution in [1.29, 1.82) is 0 Å². The van der Waals surface area contributed by atoms with Gasteiger partial charge in [-0.05, 0) is 78.0 Å². The minimum absolute atomic E-state index is 0.0490. The number of rotatable bonds is 7. The molecule has 0 fully saturated rings. The van der Waals surface area contributed by atoms with Gasteiger partial charge < -0.3 is 14.2 Å². The standard InChI is InChI=1S/C19H17ClIN3O3/c1-2-24(18(25)12-26-16-9-7-15(21)8-10-16)11-17-22-19(23-27-17)13-3-5-14(20)6-4-13/h3-10H,2,11-12H2,1H3. The van der Waals surface area contributed by atoms with E-state index in [1.54, 1.807) is 17.0 Å². The van der Waals surface area contributed by atoms with E-state index in [-0.39, 0.29) is 19.1 Å². The number of likely N-dealkylation sites (N-methyl/N-ethyl adjacent to an activating group) is 1. The number of carbonyl (C=O) groups excluding carboxylic acids is 1. The molecule has 0 N–H and O–H groups in total. The number of hydrogen-bond donors (Lipinski definition) is 0. The quantitative estimate of drug-likeness (QED) is 0.452. The van der Waals surface area contributed by atoms with Gasteiger partial charge in [0.1, 0.15) is 12.3 Å². The van der Waals surface area contributed by atoms with Gasteiger partial charge in [0.15, 0.2) is 6.61 Å². The molecule has 0 bridgehead atoms. The number of nitrogens with zero attached hydrogens (tertiary/aromatic N) is 3. The average molecular weight is 498 g/mol. The van der Waals surface area contributed by atoms with Crippen molar-refractivity contribution in [2.45, 2.75) is 13.5 Å². The number of aromatic nitrogens is 2. The molecule has 0 atom stereocenters. The second-order valence-corrected chi connectivity index (χ2v) is 7.35. The topological polar surface area (TPSA) is 68.5 Å². The summed E-state index contributed by atoms with van der Waals surface area (Å²) < 4.78 is 11.9. The molecule has 0 saturated carbocycles. The maximum atomic E-state index is 12.4. The molecule has 0 saturated heterocycles. The van der Waals surface area contributed by atoms with Crippen LogP contribution in [0.25, 0.3) is 11.4 Å². The van der Waals surface area contributed by atoms with Gasteiger partial charge in [0, 0.05) is 20.7 Å². The largest absolute Gasteiger partial charge is 0.484 e. The predicted octanol–water partition coefficient (Wildman–Crippen LogP) is 4.42. The first kappa shape index (κ1) is 19.6. The SMILES string of the molecule is CCN(Cc1nc(-c2ccc(Cl)cc2)no1)C(=O)COc1ccc(I)cc1. The van der Waals surface area contributed by atoms with Gasteiger partial charge in [-0.2, -0.15) is 4.98 Å². The van der Waals surface area contributed by atoms with Crippen LogP contribution in [0, 0.1) is 3.57 Å². The molecule has 2 aromatic carbocycles. The van der Waals surface area contributed by atoms with E-state index < -0.39 is 0 Å². The molecule has 3 rings (SSSR count). The summed E-state index contributed by atoms with van der Waals surface area (Å²) in [6.07, 6.45) is 0. The van der Waals surface area contributed by atoms with Crippen LogP contribution >= 0.6 is 34.2 Å². The monoisotopic (exact) mass is 497 g/mol. The van der Waals surface area contributed by atoms with Gasteiger partial charge in [0.25, 0.3) is 5.91 Å². The third-order valence-corrected chi connectivity index (χ3v) is 4.78. The molecule has 0 aliphatic heterocycles. The molecule has 3 aromatic rings. The van der Waals surface area contributed by atoms with E-state index in [1.165, 1.54) is 0 Å². The van der Waals surface area contributed by atoms with E-state index in [4.69, 9.17) is 20.9 Å². The summed E-state index contributed by atoms with van der Waals surface area (Å²) in [6.45, 7) is 2.57. The Bertz CT molecular complexity index is 897. The minimum Gasteiger partial charge on any atom is -0.484 e. The van der Waals surface area contributed by atoms with Crippen LogP contribution in [0.3, 0.4) is 0 Å². The normalized spacial score (nSPS) is 10.6. The van der Waals surface area contributed by atoms with Crippen LogP contribution in [-0.2, 0) is 11.3 Å². The lowest BCUT2D eigenvalue weighted by Crippen LogP contribution is -2.34. The molecule has 0 unspecified atom stereocenters. The number of halogens is 2. The smallest absolute Gasteiger partial charge is 0.260 e. The molecule has 27 heavy (non-hydrogen) atoms. The first-order valence-electron chi connectivity index (χ1n) is 8.30. The summed E-state index contributed by atoms with van der Waals surface area (Å²) in [5.41, 5.74) is 0.797. The Hall–Kier alpha value is -2.13.